The summed E-state index contributed by atoms with van der Waals surface area (Å²) in [5.41, 5.74) is 0.0690. The summed E-state index contributed by atoms with van der Waals surface area (Å²) in [4.78, 5) is 2.31. The third kappa shape index (κ3) is 3.75. The molecule has 0 spiro atoms. The molecule has 0 aliphatic carbocycles. The number of anilines is 1. The molecule has 3 heterocycles. The maximum Gasteiger partial charge on any atom is 0.453 e. The number of likely N-dealkylation sites (tertiary alicyclic amines) is 1. The highest BCUT2D eigenvalue weighted by Crippen LogP contribution is 2.27. The van der Waals surface area contributed by atoms with Crippen molar-refractivity contribution in [3.63, 3.8) is 0 Å². The van der Waals surface area contributed by atoms with Gasteiger partial charge >= 0.3 is 6.18 Å². The Morgan fingerprint density at radius 2 is 2.17 bits per heavy atom. The second-order valence-corrected chi connectivity index (χ2v) is 5.84. The van der Waals surface area contributed by atoms with E-state index in [1.54, 1.807) is 13.2 Å². The second kappa shape index (κ2) is 6.89. The standard InChI is InChI=1S/C14H19F3N6O/c1-24-7-6-22-5-4-10(9-22)8-18-11-2-3-12-19-20-13(14(15,16)17)23(12)21-11/h2-3,10H,4-9H2,1H3,(H,18,21)/t10-/m1/s1. The quantitative estimate of drug-likeness (QED) is 0.857. The lowest BCUT2D eigenvalue weighted by Gasteiger charge is -2.15. The Morgan fingerprint density at radius 1 is 1.33 bits per heavy atom. The monoisotopic (exact) mass is 344 g/mol. The van der Waals surface area contributed by atoms with Gasteiger partial charge in [-0.15, -0.1) is 15.3 Å². The van der Waals surface area contributed by atoms with Crippen LogP contribution in [0.4, 0.5) is 19.0 Å². The molecule has 3 rings (SSSR count). The highest BCUT2D eigenvalue weighted by Gasteiger charge is 2.37. The van der Waals surface area contributed by atoms with Crippen LogP contribution in [0.3, 0.4) is 0 Å². The van der Waals surface area contributed by atoms with Gasteiger partial charge in [-0.25, -0.2) is 0 Å². The van der Waals surface area contributed by atoms with Crippen molar-refractivity contribution in [2.24, 2.45) is 5.92 Å². The first-order valence-corrected chi connectivity index (χ1v) is 7.72. The maximum absolute atomic E-state index is 12.9. The van der Waals surface area contributed by atoms with Gasteiger partial charge in [0.05, 0.1) is 6.61 Å². The van der Waals surface area contributed by atoms with Crippen molar-refractivity contribution in [3.8, 4) is 0 Å². The van der Waals surface area contributed by atoms with Crippen LogP contribution < -0.4 is 5.32 Å². The Bertz CT molecular complexity index is 689. The number of ether oxygens (including phenoxy) is 1. The van der Waals surface area contributed by atoms with Gasteiger partial charge in [-0.1, -0.05) is 0 Å². The normalized spacial score (nSPS) is 19.2. The molecule has 1 atom stereocenters. The Morgan fingerprint density at radius 3 is 2.92 bits per heavy atom. The van der Waals surface area contributed by atoms with Gasteiger partial charge in [-0.2, -0.15) is 17.7 Å². The Hall–Kier alpha value is -1.94. The zero-order chi connectivity index (χ0) is 17.2. The number of halogens is 3. The van der Waals surface area contributed by atoms with E-state index in [2.05, 4.69) is 25.5 Å². The largest absolute Gasteiger partial charge is 0.453 e. The Balaban J connectivity index is 1.62. The average Bonchev–Trinajstić information content (AvgIpc) is 3.16. The molecule has 2 aromatic heterocycles. The molecule has 7 nitrogen and oxygen atoms in total. The highest BCUT2D eigenvalue weighted by atomic mass is 19.4. The van der Waals surface area contributed by atoms with Gasteiger partial charge < -0.3 is 15.0 Å². The van der Waals surface area contributed by atoms with Crippen molar-refractivity contribution in [2.75, 3.05) is 45.2 Å². The number of aromatic nitrogens is 4. The lowest BCUT2D eigenvalue weighted by Crippen LogP contribution is -2.26. The SMILES string of the molecule is COCCN1CC[C@H](CNc2ccc3nnc(C(F)(F)F)n3n2)C1. The summed E-state index contributed by atoms with van der Waals surface area (Å²) >= 11 is 0. The molecular formula is C14H19F3N6O. The van der Waals surface area contributed by atoms with E-state index in [-0.39, 0.29) is 5.65 Å². The lowest BCUT2D eigenvalue weighted by molar-refractivity contribution is -0.146. The number of fused-ring (bicyclic) bond motifs is 1. The van der Waals surface area contributed by atoms with Crippen LogP contribution in [0.5, 0.6) is 0 Å². The van der Waals surface area contributed by atoms with E-state index in [0.29, 0.717) is 24.9 Å². The van der Waals surface area contributed by atoms with Crippen LogP contribution in [-0.4, -0.2) is 64.6 Å². The van der Waals surface area contributed by atoms with E-state index in [0.717, 1.165) is 30.6 Å². The minimum absolute atomic E-state index is 0.0690. The Labute approximate surface area is 136 Å². The van der Waals surface area contributed by atoms with Crippen LogP contribution in [0.25, 0.3) is 5.65 Å². The first-order valence-electron chi connectivity index (χ1n) is 7.72. The summed E-state index contributed by atoms with van der Waals surface area (Å²) in [6.45, 7) is 4.20. The zero-order valence-electron chi connectivity index (χ0n) is 13.3. The molecule has 0 bridgehead atoms. The molecule has 1 N–H and O–H groups in total. The van der Waals surface area contributed by atoms with Gasteiger partial charge in [0.2, 0.25) is 0 Å². The van der Waals surface area contributed by atoms with Gasteiger partial charge in [0.15, 0.2) is 5.65 Å². The lowest BCUT2D eigenvalue weighted by atomic mass is 10.1. The van der Waals surface area contributed by atoms with Crippen LogP contribution in [0.1, 0.15) is 12.2 Å². The minimum Gasteiger partial charge on any atom is -0.383 e. The molecule has 10 heteroatoms. The highest BCUT2D eigenvalue weighted by molar-refractivity contribution is 5.44. The van der Waals surface area contributed by atoms with Gasteiger partial charge in [0.1, 0.15) is 5.82 Å². The van der Waals surface area contributed by atoms with E-state index < -0.39 is 12.0 Å². The fourth-order valence-electron chi connectivity index (χ4n) is 2.81. The molecule has 0 radical (unpaired) electrons. The summed E-state index contributed by atoms with van der Waals surface area (Å²) in [6, 6.07) is 3.08. The number of hydrogen-bond donors (Lipinski definition) is 1. The van der Waals surface area contributed by atoms with E-state index in [9.17, 15) is 13.2 Å². The third-order valence-electron chi connectivity index (χ3n) is 4.07. The smallest absolute Gasteiger partial charge is 0.383 e. The number of alkyl halides is 3. The average molecular weight is 344 g/mol. The molecule has 1 aliphatic rings. The molecule has 2 aromatic rings. The Kier molecular flexibility index (Phi) is 4.86. The van der Waals surface area contributed by atoms with Gasteiger partial charge in [0.25, 0.3) is 5.82 Å². The first kappa shape index (κ1) is 16.9. The van der Waals surface area contributed by atoms with Gasteiger partial charge in [-0.05, 0) is 31.0 Å². The van der Waals surface area contributed by atoms with Crippen LogP contribution in [0, 0.1) is 5.92 Å². The first-order chi connectivity index (χ1) is 11.5. The van der Waals surface area contributed by atoms with Crippen molar-refractivity contribution >= 4 is 11.5 Å². The summed E-state index contributed by atoms with van der Waals surface area (Å²) in [5, 5.41) is 13.7. The summed E-state index contributed by atoms with van der Waals surface area (Å²) in [5.74, 6) is -0.307. The van der Waals surface area contributed by atoms with Crippen LogP contribution >= 0.6 is 0 Å². The summed E-state index contributed by atoms with van der Waals surface area (Å²) in [6.07, 6.45) is -3.54. The number of nitrogens with one attached hydrogen (secondary N) is 1. The molecule has 0 unspecified atom stereocenters. The number of rotatable bonds is 6. The fourth-order valence-corrected chi connectivity index (χ4v) is 2.81. The molecule has 1 saturated heterocycles. The molecule has 0 amide bonds. The van der Waals surface area contributed by atoms with E-state index >= 15 is 0 Å². The second-order valence-electron chi connectivity index (χ2n) is 5.84. The minimum atomic E-state index is -4.58. The van der Waals surface area contributed by atoms with E-state index in [1.165, 1.54) is 6.07 Å². The summed E-state index contributed by atoms with van der Waals surface area (Å²) < 4.78 is 44.4. The molecule has 132 valence electrons. The summed E-state index contributed by atoms with van der Waals surface area (Å²) in [7, 11) is 1.68. The molecule has 1 fully saturated rings. The maximum atomic E-state index is 12.9. The van der Waals surface area contributed by atoms with E-state index in [1.807, 2.05) is 0 Å². The van der Waals surface area contributed by atoms with Crippen molar-refractivity contribution in [1.82, 2.24) is 24.7 Å². The predicted octanol–water partition coefficient (Wildman–Crippen LogP) is 1.52. The van der Waals surface area contributed by atoms with Crippen LogP contribution in [0.15, 0.2) is 12.1 Å². The number of methoxy groups -OCH3 is 1. The topological polar surface area (TPSA) is 67.6 Å². The third-order valence-corrected chi connectivity index (χ3v) is 4.07. The van der Waals surface area contributed by atoms with Crippen molar-refractivity contribution < 1.29 is 17.9 Å². The molecule has 24 heavy (non-hydrogen) atoms. The predicted molar refractivity (Wildman–Crippen MR) is 80.7 cm³/mol. The molecule has 1 aliphatic heterocycles. The number of hydrogen-bond acceptors (Lipinski definition) is 6. The molecule has 0 saturated carbocycles. The van der Waals surface area contributed by atoms with Crippen molar-refractivity contribution in [1.29, 1.82) is 0 Å². The fraction of sp³-hybridized carbons (Fsp3) is 0.643. The molecule has 0 aromatic carbocycles. The van der Waals surface area contributed by atoms with Gasteiger partial charge in [0, 0.05) is 26.7 Å². The van der Waals surface area contributed by atoms with E-state index in [4.69, 9.17) is 4.74 Å². The van der Waals surface area contributed by atoms with Gasteiger partial charge in [-0.3, -0.25) is 0 Å². The van der Waals surface area contributed by atoms with Crippen LogP contribution in [0.2, 0.25) is 0 Å². The van der Waals surface area contributed by atoms with Crippen molar-refractivity contribution in [3.05, 3.63) is 18.0 Å². The molecular weight excluding hydrogens is 325 g/mol. The van der Waals surface area contributed by atoms with Crippen LogP contribution in [-0.2, 0) is 10.9 Å². The van der Waals surface area contributed by atoms with Crippen molar-refractivity contribution in [2.45, 2.75) is 12.6 Å². The number of nitrogens with zero attached hydrogens (tertiary/aromatic N) is 5. The zero-order valence-corrected chi connectivity index (χ0v) is 13.3.